The molecular formula is C14H25N3S. The van der Waals surface area contributed by atoms with Gasteiger partial charge in [-0.05, 0) is 29.9 Å². The maximum Gasteiger partial charge on any atom is 0.191 e. The van der Waals surface area contributed by atoms with E-state index >= 15 is 0 Å². The molecule has 0 radical (unpaired) electrons. The van der Waals surface area contributed by atoms with Gasteiger partial charge in [0.2, 0.25) is 0 Å². The monoisotopic (exact) mass is 267 g/mol. The standard InChI is InChI=1S/C14H25N3S/c1-5-12(6-2)9-16-14(15-4)17-10-13-11(3)7-8-18-13/h7-8,12H,5-6,9-10H2,1-4H3,(H2,15,16,17). The molecule has 1 aromatic rings. The second kappa shape index (κ2) is 8.14. The molecule has 0 saturated carbocycles. The number of nitrogens with zero attached hydrogens (tertiary/aromatic N) is 1. The van der Waals surface area contributed by atoms with Gasteiger partial charge in [0.15, 0.2) is 5.96 Å². The van der Waals surface area contributed by atoms with Crippen LogP contribution in [0.3, 0.4) is 0 Å². The van der Waals surface area contributed by atoms with Gasteiger partial charge in [0.05, 0.1) is 6.54 Å². The van der Waals surface area contributed by atoms with Crippen LogP contribution in [0.15, 0.2) is 16.4 Å². The normalized spacial score (nSPS) is 11.9. The van der Waals surface area contributed by atoms with E-state index in [4.69, 9.17) is 0 Å². The number of hydrogen-bond donors (Lipinski definition) is 2. The second-order valence-electron chi connectivity index (χ2n) is 4.52. The second-order valence-corrected chi connectivity index (χ2v) is 5.52. The van der Waals surface area contributed by atoms with E-state index in [9.17, 15) is 0 Å². The highest BCUT2D eigenvalue weighted by atomic mass is 32.1. The summed E-state index contributed by atoms with van der Waals surface area (Å²) in [5, 5.41) is 8.89. The summed E-state index contributed by atoms with van der Waals surface area (Å²) < 4.78 is 0. The molecule has 0 spiro atoms. The molecule has 18 heavy (non-hydrogen) atoms. The Labute approximate surface area is 115 Å². The first-order chi connectivity index (χ1) is 8.71. The average Bonchev–Trinajstić information content (AvgIpc) is 2.80. The number of nitrogens with one attached hydrogen (secondary N) is 2. The van der Waals surface area contributed by atoms with Crippen molar-refractivity contribution in [3.05, 3.63) is 21.9 Å². The van der Waals surface area contributed by atoms with Gasteiger partial charge in [-0.15, -0.1) is 11.3 Å². The van der Waals surface area contributed by atoms with E-state index in [0.717, 1.165) is 25.0 Å². The molecule has 0 bridgehead atoms. The quantitative estimate of drug-likeness (QED) is 0.613. The number of hydrogen-bond acceptors (Lipinski definition) is 2. The van der Waals surface area contributed by atoms with Gasteiger partial charge >= 0.3 is 0 Å². The van der Waals surface area contributed by atoms with Crippen molar-refractivity contribution in [2.75, 3.05) is 13.6 Å². The van der Waals surface area contributed by atoms with Crippen LogP contribution in [0.4, 0.5) is 0 Å². The first-order valence-corrected chi connectivity index (χ1v) is 7.56. The third kappa shape index (κ3) is 4.69. The van der Waals surface area contributed by atoms with Crippen molar-refractivity contribution < 1.29 is 0 Å². The lowest BCUT2D eigenvalue weighted by Gasteiger charge is -2.16. The fraction of sp³-hybridized carbons (Fsp3) is 0.643. The molecule has 3 nitrogen and oxygen atoms in total. The van der Waals surface area contributed by atoms with Gasteiger partial charge in [-0.3, -0.25) is 4.99 Å². The predicted molar refractivity (Wildman–Crippen MR) is 81.3 cm³/mol. The smallest absolute Gasteiger partial charge is 0.191 e. The Morgan fingerprint density at radius 3 is 2.56 bits per heavy atom. The zero-order chi connectivity index (χ0) is 13.4. The van der Waals surface area contributed by atoms with Crippen LogP contribution >= 0.6 is 11.3 Å². The van der Waals surface area contributed by atoms with E-state index in [0.29, 0.717) is 0 Å². The Bertz CT molecular complexity index is 367. The summed E-state index contributed by atoms with van der Waals surface area (Å²) in [6.07, 6.45) is 2.43. The molecular weight excluding hydrogens is 242 g/mol. The SMILES string of the molecule is CCC(CC)CNC(=NC)NCc1sccc1C. The topological polar surface area (TPSA) is 36.4 Å². The molecule has 0 aromatic carbocycles. The molecule has 0 atom stereocenters. The summed E-state index contributed by atoms with van der Waals surface area (Å²) in [4.78, 5) is 5.63. The van der Waals surface area contributed by atoms with Crippen molar-refractivity contribution in [2.45, 2.75) is 40.2 Å². The van der Waals surface area contributed by atoms with E-state index in [2.05, 4.69) is 47.8 Å². The van der Waals surface area contributed by atoms with Gasteiger partial charge in [-0.1, -0.05) is 26.7 Å². The Hall–Kier alpha value is -1.03. The summed E-state index contributed by atoms with van der Waals surface area (Å²) in [6.45, 7) is 8.47. The summed E-state index contributed by atoms with van der Waals surface area (Å²) in [5.74, 6) is 1.63. The molecule has 1 rings (SSSR count). The Kier molecular flexibility index (Phi) is 6.80. The van der Waals surface area contributed by atoms with Crippen LogP contribution in [-0.4, -0.2) is 19.6 Å². The molecule has 0 unspecified atom stereocenters. The van der Waals surface area contributed by atoms with E-state index in [1.165, 1.54) is 23.3 Å². The molecule has 4 heteroatoms. The van der Waals surface area contributed by atoms with Crippen LogP contribution < -0.4 is 10.6 Å². The van der Waals surface area contributed by atoms with Crippen LogP contribution in [0.5, 0.6) is 0 Å². The molecule has 2 N–H and O–H groups in total. The molecule has 0 saturated heterocycles. The summed E-state index contributed by atoms with van der Waals surface area (Å²) in [5.41, 5.74) is 1.35. The average molecular weight is 267 g/mol. The van der Waals surface area contributed by atoms with Crippen molar-refractivity contribution >= 4 is 17.3 Å². The number of guanidine groups is 1. The molecule has 0 fully saturated rings. The maximum absolute atomic E-state index is 4.26. The Morgan fingerprint density at radius 2 is 2.06 bits per heavy atom. The van der Waals surface area contributed by atoms with E-state index in [-0.39, 0.29) is 0 Å². The van der Waals surface area contributed by atoms with Crippen molar-refractivity contribution in [3.8, 4) is 0 Å². The molecule has 0 amide bonds. The van der Waals surface area contributed by atoms with E-state index in [1.807, 2.05) is 7.05 Å². The summed E-state index contributed by atoms with van der Waals surface area (Å²) >= 11 is 1.79. The predicted octanol–water partition coefficient (Wildman–Crippen LogP) is 3.16. The number of aryl methyl sites for hydroxylation is 1. The minimum atomic E-state index is 0.729. The van der Waals surface area contributed by atoms with E-state index < -0.39 is 0 Å². The zero-order valence-corrected chi connectivity index (χ0v) is 12.7. The van der Waals surface area contributed by atoms with Crippen molar-refractivity contribution in [3.63, 3.8) is 0 Å². The van der Waals surface area contributed by atoms with Gasteiger partial charge in [0.25, 0.3) is 0 Å². The number of aliphatic imine (C=N–C) groups is 1. The van der Waals surface area contributed by atoms with Gasteiger partial charge < -0.3 is 10.6 Å². The minimum absolute atomic E-state index is 0.729. The largest absolute Gasteiger partial charge is 0.356 e. The van der Waals surface area contributed by atoms with Crippen LogP contribution in [-0.2, 0) is 6.54 Å². The highest BCUT2D eigenvalue weighted by molar-refractivity contribution is 7.10. The van der Waals surface area contributed by atoms with Crippen LogP contribution in [0.2, 0.25) is 0 Å². The van der Waals surface area contributed by atoms with Crippen molar-refractivity contribution in [1.29, 1.82) is 0 Å². The first kappa shape index (κ1) is 15.0. The molecule has 0 aliphatic heterocycles. The molecule has 0 aliphatic rings. The molecule has 1 heterocycles. The third-order valence-electron chi connectivity index (χ3n) is 3.32. The van der Waals surface area contributed by atoms with Gasteiger partial charge in [-0.25, -0.2) is 0 Å². The van der Waals surface area contributed by atoms with Crippen LogP contribution in [0, 0.1) is 12.8 Å². The third-order valence-corrected chi connectivity index (χ3v) is 4.34. The zero-order valence-electron chi connectivity index (χ0n) is 11.9. The fourth-order valence-electron chi connectivity index (χ4n) is 1.79. The van der Waals surface area contributed by atoms with Gasteiger partial charge in [0.1, 0.15) is 0 Å². The minimum Gasteiger partial charge on any atom is -0.356 e. The summed E-state index contributed by atoms with van der Waals surface area (Å²) in [7, 11) is 1.82. The lowest BCUT2D eigenvalue weighted by atomic mass is 10.0. The number of thiophene rings is 1. The summed E-state index contributed by atoms with van der Waals surface area (Å²) in [6, 6.07) is 2.15. The molecule has 102 valence electrons. The maximum atomic E-state index is 4.26. The lowest BCUT2D eigenvalue weighted by Crippen LogP contribution is -2.39. The van der Waals surface area contributed by atoms with Gasteiger partial charge in [-0.2, -0.15) is 0 Å². The van der Waals surface area contributed by atoms with Gasteiger partial charge in [0, 0.05) is 18.5 Å². The van der Waals surface area contributed by atoms with Crippen molar-refractivity contribution in [1.82, 2.24) is 10.6 Å². The van der Waals surface area contributed by atoms with Crippen LogP contribution in [0.25, 0.3) is 0 Å². The molecule has 0 aliphatic carbocycles. The Morgan fingerprint density at radius 1 is 1.33 bits per heavy atom. The highest BCUT2D eigenvalue weighted by Crippen LogP contribution is 2.14. The first-order valence-electron chi connectivity index (χ1n) is 6.68. The lowest BCUT2D eigenvalue weighted by molar-refractivity contribution is 0.481. The highest BCUT2D eigenvalue weighted by Gasteiger charge is 2.05. The van der Waals surface area contributed by atoms with Crippen molar-refractivity contribution in [2.24, 2.45) is 10.9 Å². The number of rotatable bonds is 6. The van der Waals surface area contributed by atoms with Crippen LogP contribution in [0.1, 0.15) is 37.1 Å². The Balaban J connectivity index is 2.37. The van der Waals surface area contributed by atoms with E-state index in [1.54, 1.807) is 11.3 Å². The fourth-order valence-corrected chi connectivity index (χ4v) is 2.63. The molecule has 1 aromatic heterocycles.